The molecule has 0 aliphatic carbocycles. The minimum absolute atomic E-state index is 0.0163. The molecule has 0 spiro atoms. The number of fused-ring (bicyclic) bond motifs is 2. The monoisotopic (exact) mass is 718 g/mol. The van der Waals surface area contributed by atoms with E-state index < -0.39 is 12.2 Å². The molecule has 2 amide bonds. The molecule has 0 aromatic heterocycles. The van der Waals surface area contributed by atoms with Crippen molar-refractivity contribution < 1.29 is 19.1 Å². The Kier molecular flexibility index (Phi) is 12.9. The maximum absolute atomic E-state index is 13.1. The Morgan fingerprint density at radius 2 is 1.02 bits per heavy atom. The maximum Gasteiger partial charge on any atom is 0.411 e. The molecular weight excluding hydrogens is 661 g/mol. The van der Waals surface area contributed by atoms with Gasteiger partial charge in [-0.25, -0.2) is 4.79 Å². The van der Waals surface area contributed by atoms with Crippen molar-refractivity contribution in [3.05, 3.63) is 108 Å². The van der Waals surface area contributed by atoms with Crippen molar-refractivity contribution in [1.29, 1.82) is 0 Å². The maximum atomic E-state index is 13.1. The Hall–Kier alpha value is -4.82. The molecule has 53 heavy (non-hydrogen) atoms. The summed E-state index contributed by atoms with van der Waals surface area (Å²) in [7, 11) is 0. The zero-order valence-electron chi connectivity index (χ0n) is 32.9. The first-order valence-corrected chi connectivity index (χ1v) is 19.3. The number of carbonyl (C=O) groups is 2. The van der Waals surface area contributed by atoms with Crippen LogP contribution < -0.4 is 20.4 Å². The SMILES string of the molecule is CCC(C)(CC)OC(C)CN1c2ccccc2N(CC(C)OC(=O)Nc2ccc(Cc3ccc(NC(=O)C(C)(CC)CC)cc3)cc2)c2ccccc21. The standard InChI is InChI=1S/C45H58N4O4/c1-9-44(7,10-2)42(50)46-36-25-21-34(22-26-36)29-35-23-27-37(28-24-35)47-43(51)52-32(5)30-48-38-17-13-15-19-40(38)49(41-20-16-14-18-39(41)48)31-33(6)53-45(8,11-3)12-4/h13-28,32-33H,9-12,29-31H2,1-8H3,(H,46,50)(H,47,51). The van der Waals surface area contributed by atoms with Crippen LogP contribution in [0.15, 0.2) is 97.1 Å². The number of benzene rings is 4. The second-order valence-electron chi connectivity index (χ2n) is 14.9. The quantitative estimate of drug-likeness (QED) is 0.120. The Morgan fingerprint density at radius 3 is 1.43 bits per heavy atom. The van der Waals surface area contributed by atoms with Gasteiger partial charge in [0.1, 0.15) is 6.10 Å². The largest absolute Gasteiger partial charge is 0.444 e. The molecule has 0 saturated carbocycles. The highest BCUT2D eigenvalue weighted by atomic mass is 16.6. The van der Waals surface area contributed by atoms with Gasteiger partial charge in [0.2, 0.25) is 5.91 Å². The van der Waals surface area contributed by atoms with Gasteiger partial charge < -0.3 is 24.6 Å². The third-order valence-corrected chi connectivity index (χ3v) is 11.0. The molecule has 4 aromatic carbocycles. The van der Waals surface area contributed by atoms with Crippen molar-refractivity contribution in [2.24, 2.45) is 5.41 Å². The second-order valence-corrected chi connectivity index (χ2v) is 14.9. The summed E-state index contributed by atoms with van der Waals surface area (Å²) in [4.78, 5) is 30.4. The van der Waals surface area contributed by atoms with Gasteiger partial charge in [0.25, 0.3) is 0 Å². The molecule has 0 radical (unpaired) electrons. The number of hydrogen-bond acceptors (Lipinski definition) is 6. The lowest BCUT2D eigenvalue weighted by Crippen LogP contribution is -2.40. The summed E-state index contributed by atoms with van der Waals surface area (Å²) in [6.07, 6.45) is 3.37. The average molecular weight is 719 g/mol. The summed E-state index contributed by atoms with van der Waals surface area (Å²) in [6.45, 7) is 17.9. The van der Waals surface area contributed by atoms with Crippen LogP contribution in [0.1, 0.15) is 92.2 Å². The lowest BCUT2D eigenvalue weighted by Gasteiger charge is -2.42. The average Bonchev–Trinajstić information content (AvgIpc) is 3.17. The summed E-state index contributed by atoms with van der Waals surface area (Å²) >= 11 is 0. The summed E-state index contributed by atoms with van der Waals surface area (Å²) in [5.74, 6) is 0.0542. The van der Waals surface area contributed by atoms with Crippen LogP contribution in [-0.4, -0.2) is 42.9 Å². The zero-order chi connectivity index (χ0) is 38.2. The molecule has 1 aliphatic heterocycles. The number of rotatable bonds is 16. The minimum atomic E-state index is -0.494. The van der Waals surface area contributed by atoms with Crippen molar-refractivity contribution in [2.75, 3.05) is 33.5 Å². The van der Waals surface area contributed by atoms with Crippen molar-refractivity contribution >= 4 is 46.1 Å². The van der Waals surface area contributed by atoms with Gasteiger partial charge in [-0.05, 0) is 113 Å². The first-order valence-electron chi connectivity index (χ1n) is 19.3. The Labute approximate surface area is 316 Å². The van der Waals surface area contributed by atoms with Crippen molar-refractivity contribution in [3.8, 4) is 0 Å². The molecule has 0 fully saturated rings. The number of hydrogen-bond donors (Lipinski definition) is 2. The number of carbonyl (C=O) groups excluding carboxylic acids is 2. The van der Waals surface area contributed by atoms with Crippen LogP contribution in [0.3, 0.4) is 0 Å². The third kappa shape index (κ3) is 9.60. The molecule has 2 N–H and O–H groups in total. The van der Waals surface area contributed by atoms with Gasteiger partial charge in [0.05, 0.1) is 41.0 Å². The van der Waals surface area contributed by atoms with E-state index in [9.17, 15) is 9.59 Å². The Bertz CT molecular complexity index is 1770. The predicted molar refractivity (Wildman–Crippen MR) is 219 cm³/mol. The molecule has 282 valence electrons. The van der Waals surface area contributed by atoms with E-state index in [1.807, 2.05) is 76.2 Å². The van der Waals surface area contributed by atoms with E-state index in [4.69, 9.17) is 9.47 Å². The molecule has 8 nitrogen and oxygen atoms in total. The van der Waals surface area contributed by atoms with Crippen LogP contribution in [0, 0.1) is 5.41 Å². The van der Waals surface area contributed by atoms with E-state index in [0.29, 0.717) is 18.8 Å². The number of para-hydroxylation sites is 4. The van der Waals surface area contributed by atoms with Gasteiger partial charge in [-0.2, -0.15) is 0 Å². The van der Waals surface area contributed by atoms with E-state index in [1.165, 1.54) is 0 Å². The number of anilines is 6. The smallest absolute Gasteiger partial charge is 0.411 e. The molecule has 4 aromatic rings. The third-order valence-electron chi connectivity index (χ3n) is 11.0. The van der Waals surface area contributed by atoms with Crippen molar-refractivity contribution in [2.45, 2.75) is 105 Å². The lowest BCUT2D eigenvalue weighted by atomic mass is 9.84. The molecule has 0 bridgehead atoms. The van der Waals surface area contributed by atoms with Gasteiger partial charge >= 0.3 is 6.09 Å². The van der Waals surface area contributed by atoms with Crippen molar-refractivity contribution in [1.82, 2.24) is 0 Å². The molecule has 8 heteroatoms. The van der Waals surface area contributed by atoms with E-state index in [-0.39, 0.29) is 23.0 Å². The van der Waals surface area contributed by atoms with E-state index in [1.54, 1.807) is 0 Å². The van der Waals surface area contributed by atoms with Gasteiger partial charge in [-0.15, -0.1) is 0 Å². The first-order chi connectivity index (χ1) is 25.4. The van der Waals surface area contributed by atoms with E-state index >= 15 is 0 Å². The summed E-state index contributed by atoms with van der Waals surface area (Å²) in [6, 6.07) is 32.6. The molecular formula is C45H58N4O4. The summed E-state index contributed by atoms with van der Waals surface area (Å²) in [5, 5.41) is 5.96. The first kappa shape index (κ1) is 39.4. The van der Waals surface area contributed by atoms with E-state index in [2.05, 4.69) is 96.7 Å². The normalized spacial score (nSPS) is 13.8. The zero-order valence-corrected chi connectivity index (χ0v) is 32.9. The molecule has 0 saturated heterocycles. The van der Waals surface area contributed by atoms with Crippen LogP contribution >= 0.6 is 0 Å². The highest BCUT2D eigenvalue weighted by Gasteiger charge is 2.32. The highest BCUT2D eigenvalue weighted by Crippen LogP contribution is 2.48. The molecule has 5 rings (SSSR count). The lowest BCUT2D eigenvalue weighted by molar-refractivity contribution is -0.125. The van der Waals surface area contributed by atoms with Crippen LogP contribution in [0.25, 0.3) is 0 Å². The Balaban J connectivity index is 1.18. The molecule has 1 aliphatic rings. The fourth-order valence-electron chi connectivity index (χ4n) is 6.82. The van der Waals surface area contributed by atoms with Crippen LogP contribution in [0.5, 0.6) is 0 Å². The highest BCUT2D eigenvalue weighted by molar-refractivity contribution is 5.95. The molecule has 2 atom stereocenters. The molecule has 2 unspecified atom stereocenters. The van der Waals surface area contributed by atoms with Gasteiger partial charge in [0.15, 0.2) is 0 Å². The summed E-state index contributed by atoms with van der Waals surface area (Å²) in [5.41, 5.74) is 7.52. The van der Waals surface area contributed by atoms with E-state index in [0.717, 1.165) is 71.7 Å². The predicted octanol–water partition coefficient (Wildman–Crippen LogP) is 11.3. The van der Waals surface area contributed by atoms with Gasteiger partial charge in [0, 0.05) is 23.3 Å². The fraction of sp³-hybridized carbons (Fsp3) is 0.422. The minimum Gasteiger partial charge on any atom is -0.444 e. The van der Waals surface area contributed by atoms with Crippen LogP contribution in [0.2, 0.25) is 0 Å². The Morgan fingerprint density at radius 1 is 0.604 bits per heavy atom. The fourth-order valence-corrected chi connectivity index (χ4v) is 6.82. The van der Waals surface area contributed by atoms with Gasteiger partial charge in [-0.3, -0.25) is 10.1 Å². The number of nitrogens with one attached hydrogen (secondary N) is 2. The van der Waals surface area contributed by atoms with Crippen molar-refractivity contribution in [3.63, 3.8) is 0 Å². The summed E-state index contributed by atoms with van der Waals surface area (Å²) < 4.78 is 12.5. The van der Waals surface area contributed by atoms with Crippen LogP contribution in [0.4, 0.5) is 38.9 Å². The number of ether oxygens (including phenoxy) is 2. The van der Waals surface area contributed by atoms with Crippen LogP contribution in [-0.2, 0) is 20.7 Å². The molecule has 1 heterocycles. The number of nitrogens with zero attached hydrogens (tertiary/aromatic N) is 2. The van der Waals surface area contributed by atoms with Gasteiger partial charge in [-0.1, -0.05) is 83.1 Å². The number of amides is 2. The second kappa shape index (κ2) is 17.3. The topological polar surface area (TPSA) is 83.1 Å².